The number of carbonyl (C=O) groups is 1. The van der Waals surface area contributed by atoms with Gasteiger partial charge in [-0.25, -0.2) is 4.98 Å². The van der Waals surface area contributed by atoms with Gasteiger partial charge in [-0.3, -0.25) is 9.69 Å². The Morgan fingerprint density at radius 3 is 2.90 bits per heavy atom. The van der Waals surface area contributed by atoms with Gasteiger partial charge in [0.2, 0.25) is 11.8 Å². The van der Waals surface area contributed by atoms with Crippen LogP contribution in [0.25, 0.3) is 10.8 Å². The zero-order valence-corrected chi connectivity index (χ0v) is 17.9. The van der Waals surface area contributed by atoms with Gasteiger partial charge < -0.3 is 9.32 Å². The normalized spacial score (nSPS) is 19.6. The zero-order valence-electron chi connectivity index (χ0n) is 17.1. The first-order chi connectivity index (χ1) is 14.7. The number of rotatable bonds is 4. The Labute approximate surface area is 179 Å². The molecule has 0 aliphatic carbocycles. The third-order valence-corrected chi connectivity index (χ3v) is 6.97. The van der Waals surface area contributed by atoms with E-state index in [-0.39, 0.29) is 11.9 Å². The van der Waals surface area contributed by atoms with Gasteiger partial charge in [-0.1, -0.05) is 24.3 Å². The molecule has 0 spiro atoms. The molecule has 2 aromatic heterocycles. The minimum absolute atomic E-state index is 0.141. The molecule has 0 saturated carbocycles. The molecule has 5 rings (SSSR count). The number of likely N-dealkylation sites (tertiary alicyclic amines) is 1. The molecule has 4 heterocycles. The predicted molar refractivity (Wildman–Crippen MR) is 114 cm³/mol. The van der Waals surface area contributed by atoms with Crippen LogP contribution < -0.4 is 0 Å². The highest BCUT2D eigenvalue weighted by molar-refractivity contribution is 7.13. The second-order valence-electron chi connectivity index (χ2n) is 8.04. The summed E-state index contributed by atoms with van der Waals surface area (Å²) in [5.41, 5.74) is 5.39. The molecule has 7 nitrogen and oxygen atoms in total. The summed E-state index contributed by atoms with van der Waals surface area (Å²) in [5, 5.41) is 8.54. The average molecular weight is 424 g/mol. The molecule has 1 fully saturated rings. The topological polar surface area (TPSA) is 75.4 Å². The van der Waals surface area contributed by atoms with Gasteiger partial charge in [-0.2, -0.15) is 0 Å². The van der Waals surface area contributed by atoms with Gasteiger partial charge in [0, 0.05) is 19.6 Å². The summed E-state index contributed by atoms with van der Waals surface area (Å²) in [6.45, 7) is 4.85. The van der Waals surface area contributed by atoms with Gasteiger partial charge in [0.25, 0.3) is 5.89 Å². The van der Waals surface area contributed by atoms with E-state index in [1.54, 1.807) is 5.51 Å². The minimum Gasteiger partial charge on any atom is -0.418 e. The van der Waals surface area contributed by atoms with E-state index in [0.717, 1.165) is 55.9 Å². The summed E-state index contributed by atoms with van der Waals surface area (Å²) >= 11 is 1.49. The molecule has 8 heteroatoms. The van der Waals surface area contributed by atoms with Crippen LogP contribution in [0.3, 0.4) is 0 Å². The van der Waals surface area contributed by atoms with Crippen molar-refractivity contribution in [3.63, 3.8) is 0 Å². The smallest absolute Gasteiger partial charge is 0.259 e. The lowest BCUT2D eigenvalue weighted by Crippen LogP contribution is -2.45. The molecule has 1 saturated heterocycles. The van der Waals surface area contributed by atoms with Crippen molar-refractivity contribution < 1.29 is 9.21 Å². The third-order valence-electron chi connectivity index (χ3n) is 6.06. The lowest BCUT2D eigenvalue weighted by atomic mass is 9.99. The molecular weight excluding hydrogens is 398 g/mol. The summed E-state index contributed by atoms with van der Waals surface area (Å²) in [5.74, 6) is 1.18. The Kier molecular flexibility index (Phi) is 5.35. The van der Waals surface area contributed by atoms with Crippen LogP contribution in [0.15, 0.2) is 34.2 Å². The average Bonchev–Trinajstić information content (AvgIpc) is 3.42. The minimum atomic E-state index is -0.141. The maximum Gasteiger partial charge on any atom is 0.259 e. The Balaban J connectivity index is 1.30. The molecule has 0 radical (unpaired) electrons. The zero-order chi connectivity index (χ0) is 20.5. The molecule has 0 unspecified atom stereocenters. The van der Waals surface area contributed by atoms with Crippen LogP contribution in [0.4, 0.5) is 0 Å². The highest BCUT2D eigenvalue weighted by atomic mass is 32.1. The first kappa shape index (κ1) is 19.4. The number of thiazole rings is 1. The monoisotopic (exact) mass is 423 g/mol. The van der Waals surface area contributed by atoms with Gasteiger partial charge in [-0.15, -0.1) is 21.5 Å². The predicted octanol–water partition coefficient (Wildman–Crippen LogP) is 3.61. The quantitative estimate of drug-likeness (QED) is 0.638. The molecule has 2 aliphatic rings. The molecule has 1 amide bonds. The molecular formula is C22H25N5O2S. The fraction of sp³-hybridized carbons (Fsp3) is 0.455. The molecule has 0 N–H and O–H groups in total. The number of nitrogens with zero attached hydrogens (tertiary/aromatic N) is 5. The van der Waals surface area contributed by atoms with Crippen molar-refractivity contribution in [2.45, 2.75) is 45.2 Å². The van der Waals surface area contributed by atoms with Crippen molar-refractivity contribution >= 4 is 17.2 Å². The van der Waals surface area contributed by atoms with Gasteiger partial charge in [0.1, 0.15) is 10.9 Å². The van der Waals surface area contributed by atoms with Crippen molar-refractivity contribution in [1.82, 2.24) is 25.0 Å². The highest BCUT2D eigenvalue weighted by Crippen LogP contribution is 2.33. The fourth-order valence-corrected chi connectivity index (χ4v) is 5.15. The van der Waals surface area contributed by atoms with Crippen molar-refractivity contribution in [1.29, 1.82) is 0 Å². The first-order valence-corrected chi connectivity index (χ1v) is 11.4. The number of benzene rings is 1. The second kappa shape index (κ2) is 8.28. The second-order valence-corrected chi connectivity index (χ2v) is 8.90. The van der Waals surface area contributed by atoms with Crippen LogP contribution in [0.2, 0.25) is 0 Å². The van der Waals surface area contributed by atoms with E-state index in [9.17, 15) is 4.79 Å². The standard InChI is InChI=1S/C22H25N5O2S/c1-15-20(30-14-23-15)22-25-24-21(29-22)18-8-4-5-10-27(18)19(28)13-26-11-9-16-6-2-3-7-17(16)12-26/h2-3,6-7,14,18H,4-5,8-13H2,1H3/t18-/m0/s1. The summed E-state index contributed by atoms with van der Waals surface area (Å²) in [6.07, 6.45) is 3.93. The number of aromatic nitrogens is 3. The van der Waals surface area contributed by atoms with Gasteiger partial charge in [0.05, 0.1) is 17.7 Å². The lowest BCUT2D eigenvalue weighted by molar-refractivity contribution is -0.137. The molecule has 0 bridgehead atoms. The number of carbonyl (C=O) groups excluding carboxylic acids is 1. The van der Waals surface area contributed by atoms with Gasteiger partial charge >= 0.3 is 0 Å². The van der Waals surface area contributed by atoms with E-state index < -0.39 is 0 Å². The van der Waals surface area contributed by atoms with E-state index in [0.29, 0.717) is 18.3 Å². The highest BCUT2D eigenvalue weighted by Gasteiger charge is 2.33. The summed E-state index contributed by atoms with van der Waals surface area (Å²) in [6, 6.07) is 8.37. The lowest BCUT2D eigenvalue weighted by Gasteiger charge is -2.36. The number of amides is 1. The van der Waals surface area contributed by atoms with Crippen LogP contribution >= 0.6 is 11.3 Å². The van der Waals surface area contributed by atoms with E-state index in [4.69, 9.17) is 4.42 Å². The first-order valence-electron chi connectivity index (χ1n) is 10.5. The maximum atomic E-state index is 13.2. The number of aryl methyl sites for hydroxylation is 1. The van der Waals surface area contributed by atoms with E-state index in [1.807, 2.05) is 11.8 Å². The van der Waals surface area contributed by atoms with E-state index >= 15 is 0 Å². The Morgan fingerprint density at radius 1 is 1.20 bits per heavy atom. The maximum absolute atomic E-state index is 13.2. The Morgan fingerprint density at radius 2 is 2.07 bits per heavy atom. The number of fused-ring (bicyclic) bond motifs is 1. The molecule has 3 aromatic rings. The van der Waals surface area contributed by atoms with Gasteiger partial charge in [0.15, 0.2) is 0 Å². The van der Waals surface area contributed by atoms with E-state index in [1.165, 1.54) is 22.5 Å². The third kappa shape index (κ3) is 3.77. The van der Waals surface area contributed by atoms with Crippen molar-refractivity contribution in [3.05, 3.63) is 52.5 Å². The summed E-state index contributed by atoms with van der Waals surface area (Å²) in [4.78, 5) is 22.6. The van der Waals surface area contributed by atoms with Crippen molar-refractivity contribution in [2.24, 2.45) is 0 Å². The Bertz CT molecular complexity index is 1050. The molecule has 156 valence electrons. The van der Waals surface area contributed by atoms with Crippen LogP contribution in [0, 0.1) is 6.92 Å². The fourth-order valence-electron chi connectivity index (χ4n) is 4.43. The number of hydrogen-bond acceptors (Lipinski definition) is 7. The van der Waals surface area contributed by atoms with Gasteiger partial charge in [-0.05, 0) is 43.7 Å². The number of piperidine rings is 1. The van der Waals surface area contributed by atoms with Crippen molar-refractivity contribution in [3.8, 4) is 10.8 Å². The number of hydrogen-bond donors (Lipinski definition) is 0. The molecule has 1 atom stereocenters. The van der Waals surface area contributed by atoms with E-state index in [2.05, 4.69) is 44.3 Å². The van der Waals surface area contributed by atoms with Crippen molar-refractivity contribution in [2.75, 3.05) is 19.6 Å². The van der Waals surface area contributed by atoms with Crippen LogP contribution in [-0.4, -0.2) is 50.5 Å². The summed E-state index contributed by atoms with van der Waals surface area (Å²) < 4.78 is 6.01. The Hall–Kier alpha value is -2.58. The molecule has 30 heavy (non-hydrogen) atoms. The van der Waals surface area contributed by atoms with Crippen LogP contribution in [-0.2, 0) is 17.8 Å². The molecule has 2 aliphatic heterocycles. The SMILES string of the molecule is Cc1ncsc1-c1nnc([C@@H]2CCCCN2C(=O)CN2CCc3ccccc3C2)o1. The summed E-state index contributed by atoms with van der Waals surface area (Å²) in [7, 11) is 0. The largest absolute Gasteiger partial charge is 0.418 e. The van der Waals surface area contributed by atoms with Crippen LogP contribution in [0.5, 0.6) is 0 Å². The molecule has 1 aromatic carbocycles. The van der Waals surface area contributed by atoms with Crippen LogP contribution in [0.1, 0.15) is 48.0 Å².